The van der Waals surface area contributed by atoms with Gasteiger partial charge in [0.05, 0.1) is 6.61 Å². The second-order valence-electron chi connectivity index (χ2n) is 5.89. The molecule has 0 unspecified atom stereocenters. The maximum atomic E-state index is 9.51. The van der Waals surface area contributed by atoms with Crippen LogP contribution in [0.1, 0.15) is 31.2 Å². The minimum atomic E-state index is 0.117. The maximum absolute atomic E-state index is 9.51. The highest BCUT2D eigenvalue weighted by Gasteiger charge is 2.26. The fourth-order valence-corrected chi connectivity index (χ4v) is 3.91. The monoisotopic (exact) mass is 338 g/mol. The van der Waals surface area contributed by atoms with Gasteiger partial charge in [-0.1, -0.05) is 34.8 Å². The molecule has 1 saturated heterocycles. The van der Waals surface area contributed by atoms with Gasteiger partial charge in [-0.3, -0.25) is 4.90 Å². The van der Waals surface area contributed by atoms with E-state index in [1.54, 1.807) is 0 Å². The van der Waals surface area contributed by atoms with E-state index in [2.05, 4.69) is 31.8 Å². The number of anilines is 1. The summed E-state index contributed by atoms with van der Waals surface area (Å²) in [6, 6.07) is 6.99. The molecule has 1 heterocycles. The van der Waals surface area contributed by atoms with Crippen molar-refractivity contribution in [1.82, 2.24) is 4.90 Å². The molecule has 0 bridgehead atoms. The molecule has 3 nitrogen and oxygen atoms in total. The Kier molecular flexibility index (Phi) is 4.64. The molecule has 110 valence electrons. The smallest absolute Gasteiger partial charge is 0.0702 e. The van der Waals surface area contributed by atoms with Crippen LogP contribution in [0.3, 0.4) is 0 Å². The summed E-state index contributed by atoms with van der Waals surface area (Å²) in [4.78, 5) is 5.09. The van der Waals surface area contributed by atoms with Crippen LogP contribution in [0.25, 0.3) is 0 Å². The average Bonchev–Trinajstić information content (AvgIpc) is 3.02. The van der Waals surface area contributed by atoms with Crippen LogP contribution in [0.5, 0.6) is 0 Å². The van der Waals surface area contributed by atoms with E-state index in [1.807, 2.05) is 12.1 Å². The van der Waals surface area contributed by atoms with Gasteiger partial charge in [-0.25, -0.2) is 0 Å². The van der Waals surface area contributed by atoms with Crippen LogP contribution < -0.4 is 4.90 Å². The zero-order valence-corrected chi connectivity index (χ0v) is 13.5. The molecule has 3 rings (SSSR count). The van der Waals surface area contributed by atoms with E-state index >= 15 is 0 Å². The lowest BCUT2D eigenvalue weighted by Gasteiger charge is -2.39. The van der Waals surface area contributed by atoms with Gasteiger partial charge >= 0.3 is 0 Å². The first-order chi connectivity index (χ1) is 9.78. The minimum absolute atomic E-state index is 0.117. The van der Waals surface area contributed by atoms with Crippen LogP contribution in [0.4, 0.5) is 5.69 Å². The first-order valence-corrected chi connectivity index (χ1v) is 8.45. The van der Waals surface area contributed by atoms with Crippen LogP contribution >= 0.6 is 15.9 Å². The first-order valence-electron chi connectivity index (χ1n) is 7.66. The highest BCUT2D eigenvalue weighted by Crippen LogP contribution is 2.29. The van der Waals surface area contributed by atoms with E-state index in [0.717, 1.165) is 42.3 Å². The molecule has 1 aliphatic heterocycles. The molecule has 2 fully saturated rings. The summed E-state index contributed by atoms with van der Waals surface area (Å²) in [5.74, 6) is 0. The van der Waals surface area contributed by atoms with E-state index in [1.165, 1.54) is 31.4 Å². The molecular weight excluding hydrogens is 316 g/mol. The van der Waals surface area contributed by atoms with E-state index in [9.17, 15) is 5.11 Å². The fraction of sp³-hybridized carbons (Fsp3) is 0.625. The Morgan fingerprint density at radius 2 is 1.80 bits per heavy atom. The van der Waals surface area contributed by atoms with Crippen LogP contribution in [0.15, 0.2) is 22.7 Å². The number of hydrogen-bond acceptors (Lipinski definition) is 3. The van der Waals surface area contributed by atoms with Crippen molar-refractivity contribution in [3.63, 3.8) is 0 Å². The number of halogens is 1. The predicted octanol–water partition coefficient (Wildman–Crippen LogP) is 3.01. The summed E-state index contributed by atoms with van der Waals surface area (Å²) in [7, 11) is 0. The number of aliphatic hydroxyl groups is 1. The third-order valence-corrected chi connectivity index (χ3v) is 5.21. The number of rotatable bonds is 3. The van der Waals surface area contributed by atoms with E-state index in [0.29, 0.717) is 0 Å². The lowest BCUT2D eigenvalue weighted by molar-refractivity contribution is 0.187. The molecule has 1 aromatic rings. The Morgan fingerprint density at radius 1 is 1.10 bits per heavy atom. The van der Waals surface area contributed by atoms with Crippen molar-refractivity contribution in [2.24, 2.45) is 0 Å². The van der Waals surface area contributed by atoms with Crippen molar-refractivity contribution < 1.29 is 5.11 Å². The zero-order valence-electron chi connectivity index (χ0n) is 11.9. The Labute approximate surface area is 129 Å². The average molecular weight is 339 g/mol. The van der Waals surface area contributed by atoms with E-state index in [-0.39, 0.29) is 6.61 Å². The normalized spacial score (nSPS) is 21.6. The van der Waals surface area contributed by atoms with Gasteiger partial charge in [-0.15, -0.1) is 0 Å². The molecule has 2 aliphatic rings. The lowest BCUT2D eigenvalue weighted by atomic mass is 10.1. The third kappa shape index (κ3) is 3.02. The van der Waals surface area contributed by atoms with Crippen molar-refractivity contribution in [1.29, 1.82) is 0 Å². The van der Waals surface area contributed by atoms with Crippen LogP contribution in [0, 0.1) is 0 Å². The van der Waals surface area contributed by atoms with Gasteiger partial charge in [-0.05, 0) is 25.0 Å². The molecule has 1 N–H and O–H groups in total. The molecular formula is C16H23BrN2O. The van der Waals surface area contributed by atoms with E-state index in [4.69, 9.17) is 0 Å². The Morgan fingerprint density at radius 3 is 2.45 bits per heavy atom. The number of benzene rings is 1. The maximum Gasteiger partial charge on any atom is 0.0702 e. The molecule has 0 atom stereocenters. The molecule has 1 aromatic carbocycles. The third-order valence-electron chi connectivity index (χ3n) is 4.71. The Balaban J connectivity index is 1.67. The van der Waals surface area contributed by atoms with Gasteiger partial charge in [0.15, 0.2) is 0 Å². The topological polar surface area (TPSA) is 26.7 Å². The summed E-state index contributed by atoms with van der Waals surface area (Å²) < 4.78 is 1.09. The summed E-state index contributed by atoms with van der Waals surface area (Å²) in [6.45, 7) is 4.56. The summed E-state index contributed by atoms with van der Waals surface area (Å²) >= 11 is 3.54. The minimum Gasteiger partial charge on any atom is -0.392 e. The van der Waals surface area contributed by atoms with Gasteiger partial charge in [0.1, 0.15) is 0 Å². The van der Waals surface area contributed by atoms with Gasteiger partial charge < -0.3 is 10.0 Å². The number of nitrogens with zero attached hydrogens (tertiary/aromatic N) is 2. The Bertz CT molecular complexity index is 452. The first kappa shape index (κ1) is 14.4. The zero-order chi connectivity index (χ0) is 13.9. The molecule has 0 spiro atoms. The van der Waals surface area contributed by atoms with Crippen LogP contribution in [0.2, 0.25) is 0 Å². The molecule has 4 heteroatoms. The highest BCUT2D eigenvalue weighted by molar-refractivity contribution is 9.10. The van der Waals surface area contributed by atoms with Gasteiger partial charge in [0, 0.05) is 47.9 Å². The predicted molar refractivity (Wildman–Crippen MR) is 86.1 cm³/mol. The molecule has 20 heavy (non-hydrogen) atoms. The molecule has 0 amide bonds. The molecule has 1 aliphatic carbocycles. The second kappa shape index (κ2) is 6.46. The van der Waals surface area contributed by atoms with Crippen molar-refractivity contribution in [2.75, 3.05) is 31.1 Å². The van der Waals surface area contributed by atoms with Gasteiger partial charge in [-0.2, -0.15) is 0 Å². The summed E-state index contributed by atoms with van der Waals surface area (Å²) in [5, 5.41) is 9.51. The quantitative estimate of drug-likeness (QED) is 0.917. The summed E-state index contributed by atoms with van der Waals surface area (Å²) in [6.07, 6.45) is 5.59. The number of hydrogen-bond donors (Lipinski definition) is 1. The SMILES string of the molecule is OCc1ccc(Br)cc1N1CCN(C2CCCC2)CC1. The molecule has 0 radical (unpaired) electrons. The fourth-order valence-electron chi connectivity index (χ4n) is 3.56. The van der Waals surface area contributed by atoms with Crippen LogP contribution in [-0.2, 0) is 6.61 Å². The highest BCUT2D eigenvalue weighted by atomic mass is 79.9. The largest absolute Gasteiger partial charge is 0.392 e. The van der Waals surface area contributed by atoms with Crippen molar-refractivity contribution in [3.8, 4) is 0 Å². The van der Waals surface area contributed by atoms with Gasteiger partial charge in [0.25, 0.3) is 0 Å². The van der Waals surface area contributed by atoms with Crippen molar-refractivity contribution in [2.45, 2.75) is 38.3 Å². The van der Waals surface area contributed by atoms with Crippen molar-refractivity contribution >= 4 is 21.6 Å². The number of piperazine rings is 1. The number of aliphatic hydroxyl groups excluding tert-OH is 1. The van der Waals surface area contributed by atoms with Crippen molar-refractivity contribution in [3.05, 3.63) is 28.2 Å². The van der Waals surface area contributed by atoms with E-state index < -0.39 is 0 Å². The molecule has 0 aromatic heterocycles. The van der Waals surface area contributed by atoms with Crippen LogP contribution in [-0.4, -0.2) is 42.2 Å². The van der Waals surface area contributed by atoms with Gasteiger partial charge in [0.2, 0.25) is 0 Å². The standard InChI is InChI=1S/C16H23BrN2O/c17-14-6-5-13(12-20)16(11-14)19-9-7-18(8-10-19)15-3-1-2-4-15/h5-6,11,15,20H,1-4,7-10,12H2. The Hall–Kier alpha value is -0.580. The second-order valence-corrected chi connectivity index (χ2v) is 6.81. The molecule has 1 saturated carbocycles. The lowest BCUT2D eigenvalue weighted by Crippen LogP contribution is -2.50. The summed E-state index contributed by atoms with van der Waals surface area (Å²) in [5.41, 5.74) is 2.22.